The monoisotopic (exact) mass is 450 g/mol. The van der Waals surface area contributed by atoms with Gasteiger partial charge in [0.25, 0.3) is 0 Å². The Morgan fingerprint density at radius 2 is 1.84 bits per heavy atom. The fourth-order valence-corrected chi connectivity index (χ4v) is 3.31. The zero-order valence-corrected chi connectivity index (χ0v) is 14.7. The van der Waals surface area contributed by atoms with Crippen molar-refractivity contribution in [3.63, 3.8) is 0 Å². The Hall–Kier alpha value is -0.390. The molecule has 0 aliphatic rings. The van der Waals surface area contributed by atoms with Crippen molar-refractivity contribution in [2.75, 3.05) is 7.11 Å². The molecule has 0 radical (unpaired) electrons. The summed E-state index contributed by atoms with van der Waals surface area (Å²) in [7, 11) is 1.61. The Morgan fingerprint density at radius 1 is 1.11 bits per heavy atom. The zero-order valence-electron chi connectivity index (χ0n) is 9.96. The van der Waals surface area contributed by atoms with Gasteiger partial charge in [0.15, 0.2) is 0 Å². The number of ether oxygens (including phenoxy) is 1. The van der Waals surface area contributed by atoms with Gasteiger partial charge in [0.05, 0.1) is 20.9 Å². The lowest BCUT2D eigenvalue weighted by atomic mass is 10.0. The van der Waals surface area contributed by atoms with Crippen molar-refractivity contribution in [3.05, 3.63) is 62.3 Å². The summed E-state index contributed by atoms with van der Waals surface area (Å²) in [6.07, 6.45) is 0. The number of rotatable bonds is 3. The molecular weight excluding hydrogens is 443 g/mol. The predicted molar refractivity (Wildman–Crippen MR) is 85.6 cm³/mol. The summed E-state index contributed by atoms with van der Waals surface area (Å²) in [6, 6.07) is 10.9. The van der Waals surface area contributed by atoms with Gasteiger partial charge < -0.3 is 4.74 Å². The van der Waals surface area contributed by atoms with Crippen LogP contribution in [0.4, 0.5) is 4.39 Å². The first-order chi connectivity index (χ1) is 9.04. The van der Waals surface area contributed by atoms with E-state index in [-0.39, 0.29) is 10.6 Å². The molecule has 0 aliphatic carbocycles. The third-order valence-corrected chi connectivity index (χ3v) is 4.98. The lowest BCUT2D eigenvalue weighted by Crippen LogP contribution is -1.98. The molecule has 0 saturated heterocycles. The second kappa shape index (κ2) is 6.37. The van der Waals surface area contributed by atoms with Crippen LogP contribution in [0, 0.1) is 5.82 Å². The van der Waals surface area contributed by atoms with Gasteiger partial charge in [-0.05, 0) is 55.6 Å². The average Bonchev–Trinajstić information content (AvgIpc) is 2.41. The minimum absolute atomic E-state index is 0.216. The molecule has 0 bridgehead atoms. The number of hydrogen-bond donors (Lipinski definition) is 0. The van der Waals surface area contributed by atoms with E-state index in [4.69, 9.17) is 4.74 Å². The number of benzene rings is 2. The molecule has 0 amide bonds. The predicted octanol–water partition coefficient (Wildman–Crippen LogP) is 5.84. The molecule has 2 rings (SSSR count). The SMILES string of the molecule is COc1ccc(C(Br)c2cccc(Br)c2F)cc1Br. The van der Waals surface area contributed by atoms with E-state index in [1.165, 1.54) is 0 Å². The van der Waals surface area contributed by atoms with E-state index in [2.05, 4.69) is 47.8 Å². The molecule has 0 N–H and O–H groups in total. The first kappa shape index (κ1) is 15.0. The molecule has 1 nitrogen and oxygen atoms in total. The maximum Gasteiger partial charge on any atom is 0.142 e. The molecule has 19 heavy (non-hydrogen) atoms. The molecule has 0 heterocycles. The maximum atomic E-state index is 14.1. The second-order valence-electron chi connectivity index (χ2n) is 3.90. The third kappa shape index (κ3) is 3.20. The van der Waals surface area contributed by atoms with E-state index in [9.17, 15) is 4.39 Å². The van der Waals surface area contributed by atoms with Crippen LogP contribution in [0.5, 0.6) is 5.75 Å². The fraction of sp³-hybridized carbons (Fsp3) is 0.143. The lowest BCUT2D eigenvalue weighted by Gasteiger charge is -2.14. The smallest absolute Gasteiger partial charge is 0.142 e. The van der Waals surface area contributed by atoms with Crippen LogP contribution in [-0.4, -0.2) is 7.11 Å². The molecule has 2 aromatic rings. The molecule has 2 aromatic carbocycles. The van der Waals surface area contributed by atoms with Crippen LogP contribution in [0.3, 0.4) is 0 Å². The zero-order chi connectivity index (χ0) is 14.0. The van der Waals surface area contributed by atoms with Crippen LogP contribution in [0.2, 0.25) is 0 Å². The molecule has 0 aliphatic heterocycles. The standard InChI is InChI=1S/C14H10Br3FO/c1-19-12-6-5-8(7-11(12)16)13(17)9-3-2-4-10(15)14(9)18/h2-7,13H,1H3. The Balaban J connectivity index is 2.41. The van der Waals surface area contributed by atoms with Gasteiger partial charge >= 0.3 is 0 Å². The Kier molecular flexibility index (Phi) is 5.03. The molecule has 1 unspecified atom stereocenters. The molecule has 100 valence electrons. The van der Waals surface area contributed by atoms with Gasteiger partial charge in [0.1, 0.15) is 11.6 Å². The topological polar surface area (TPSA) is 9.23 Å². The van der Waals surface area contributed by atoms with Gasteiger partial charge in [0.2, 0.25) is 0 Å². The molecule has 5 heteroatoms. The summed E-state index contributed by atoms with van der Waals surface area (Å²) in [5.41, 5.74) is 1.54. The van der Waals surface area contributed by atoms with Crippen molar-refractivity contribution in [2.24, 2.45) is 0 Å². The van der Waals surface area contributed by atoms with Crippen molar-refractivity contribution >= 4 is 47.8 Å². The molecule has 0 aromatic heterocycles. The van der Waals surface area contributed by atoms with Gasteiger partial charge in [-0.2, -0.15) is 0 Å². The highest BCUT2D eigenvalue weighted by atomic mass is 79.9. The summed E-state index contributed by atoms with van der Waals surface area (Å²) in [4.78, 5) is -0.216. The maximum absolute atomic E-state index is 14.1. The van der Waals surface area contributed by atoms with Crippen LogP contribution >= 0.6 is 47.8 Å². The molecular formula is C14H10Br3FO. The van der Waals surface area contributed by atoms with Gasteiger partial charge in [0, 0.05) is 5.56 Å². The highest BCUT2D eigenvalue weighted by Gasteiger charge is 2.17. The first-order valence-corrected chi connectivity index (χ1v) is 7.96. The summed E-state index contributed by atoms with van der Waals surface area (Å²) < 4.78 is 20.6. The van der Waals surface area contributed by atoms with E-state index in [0.717, 1.165) is 15.8 Å². The normalized spacial score (nSPS) is 12.3. The average molecular weight is 453 g/mol. The number of methoxy groups -OCH3 is 1. The van der Waals surface area contributed by atoms with Gasteiger partial charge in [-0.15, -0.1) is 0 Å². The van der Waals surface area contributed by atoms with E-state index in [0.29, 0.717) is 10.0 Å². The summed E-state index contributed by atoms with van der Waals surface area (Å²) in [6.45, 7) is 0. The van der Waals surface area contributed by atoms with Gasteiger partial charge in [-0.3, -0.25) is 0 Å². The summed E-state index contributed by atoms with van der Waals surface area (Å²) in [5, 5.41) is 0. The second-order valence-corrected chi connectivity index (χ2v) is 6.52. The van der Waals surface area contributed by atoms with Crippen molar-refractivity contribution in [2.45, 2.75) is 4.83 Å². The van der Waals surface area contributed by atoms with Crippen LogP contribution in [0.15, 0.2) is 45.3 Å². The number of alkyl halides is 1. The quantitative estimate of drug-likeness (QED) is 0.531. The van der Waals surface area contributed by atoms with Crippen molar-refractivity contribution in [1.29, 1.82) is 0 Å². The van der Waals surface area contributed by atoms with Crippen LogP contribution in [0.1, 0.15) is 16.0 Å². The lowest BCUT2D eigenvalue weighted by molar-refractivity contribution is 0.412. The molecule has 0 saturated carbocycles. The summed E-state index contributed by atoms with van der Waals surface area (Å²) >= 11 is 10.2. The first-order valence-electron chi connectivity index (χ1n) is 5.46. The van der Waals surface area contributed by atoms with Crippen LogP contribution in [-0.2, 0) is 0 Å². The Bertz CT molecular complexity index is 601. The number of halogens is 4. The third-order valence-electron chi connectivity index (χ3n) is 2.72. The van der Waals surface area contributed by atoms with Crippen molar-refractivity contribution in [3.8, 4) is 5.75 Å². The number of hydrogen-bond acceptors (Lipinski definition) is 1. The molecule has 0 fully saturated rings. The van der Waals surface area contributed by atoms with E-state index in [1.54, 1.807) is 19.2 Å². The summed E-state index contributed by atoms with van der Waals surface area (Å²) in [5.74, 6) is 0.495. The van der Waals surface area contributed by atoms with Crippen LogP contribution in [0.25, 0.3) is 0 Å². The van der Waals surface area contributed by atoms with Crippen molar-refractivity contribution in [1.82, 2.24) is 0 Å². The minimum Gasteiger partial charge on any atom is -0.496 e. The van der Waals surface area contributed by atoms with Crippen molar-refractivity contribution < 1.29 is 9.13 Å². The van der Waals surface area contributed by atoms with Crippen LogP contribution < -0.4 is 4.74 Å². The van der Waals surface area contributed by atoms with E-state index < -0.39 is 0 Å². The van der Waals surface area contributed by atoms with E-state index >= 15 is 0 Å². The minimum atomic E-state index is -0.253. The Morgan fingerprint density at radius 3 is 2.47 bits per heavy atom. The fourth-order valence-electron chi connectivity index (χ4n) is 1.74. The highest BCUT2D eigenvalue weighted by molar-refractivity contribution is 9.11. The van der Waals surface area contributed by atoms with Gasteiger partial charge in [-0.25, -0.2) is 4.39 Å². The largest absolute Gasteiger partial charge is 0.496 e. The molecule has 1 atom stereocenters. The van der Waals surface area contributed by atoms with Gasteiger partial charge in [-0.1, -0.05) is 34.1 Å². The Labute approximate surface area is 136 Å². The van der Waals surface area contributed by atoms with E-state index in [1.807, 2.05) is 24.3 Å². The molecule has 0 spiro atoms. The highest BCUT2D eigenvalue weighted by Crippen LogP contribution is 2.37.